The highest BCUT2D eigenvalue weighted by molar-refractivity contribution is 9.10. The fraction of sp³-hybridized carbons (Fsp3) is 0.467. The molecule has 1 N–H and O–H groups in total. The van der Waals surface area contributed by atoms with Gasteiger partial charge in [0.05, 0.1) is 6.04 Å². The first kappa shape index (κ1) is 16.6. The quantitative estimate of drug-likeness (QED) is 0.821. The van der Waals surface area contributed by atoms with E-state index >= 15 is 0 Å². The average Bonchev–Trinajstić information content (AvgIpc) is 2.82. The summed E-state index contributed by atoms with van der Waals surface area (Å²) in [6, 6.07) is 2.99. The number of benzene rings is 1. The highest BCUT2D eigenvalue weighted by atomic mass is 79.9. The van der Waals surface area contributed by atoms with Gasteiger partial charge in [0, 0.05) is 10.9 Å². The molecule has 0 aromatic heterocycles. The fourth-order valence-electron chi connectivity index (χ4n) is 2.01. The predicted octanol–water partition coefficient (Wildman–Crippen LogP) is 3.33. The van der Waals surface area contributed by atoms with Crippen molar-refractivity contribution in [2.24, 2.45) is 0 Å². The lowest BCUT2D eigenvalue weighted by molar-refractivity contribution is -0.108. The summed E-state index contributed by atoms with van der Waals surface area (Å²) in [6.45, 7) is 5.48. The van der Waals surface area contributed by atoms with E-state index in [1.165, 1.54) is 0 Å². The number of halogens is 1. The van der Waals surface area contributed by atoms with Crippen molar-refractivity contribution in [3.8, 4) is 11.5 Å². The van der Waals surface area contributed by atoms with Crippen LogP contribution in [0.25, 0.3) is 0 Å². The Morgan fingerprint density at radius 3 is 2.64 bits per heavy atom. The van der Waals surface area contributed by atoms with Gasteiger partial charge in [-0.25, -0.2) is 4.79 Å². The normalized spacial score (nSPS) is 14.4. The van der Waals surface area contributed by atoms with Crippen molar-refractivity contribution < 1.29 is 23.8 Å². The lowest BCUT2D eigenvalue weighted by Gasteiger charge is -2.23. The maximum atomic E-state index is 11.9. The molecular formula is C15H18BrNO5. The van der Waals surface area contributed by atoms with Gasteiger partial charge < -0.3 is 24.3 Å². The van der Waals surface area contributed by atoms with Gasteiger partial charge in [-0.05, 0) is 38.5 Å². The number of hydrogen-bond donors (Lipinski definition) is 1. The summed E-state index contributed by atoms with van der Waals surface area (Å²) in [7, 11) is 0. The molecule has 0 saturated heterocycles. The second-order valence-electron chi connectivity index (χ2n) is 5.83. The van der Waals surface area contributed by atoms with Crippen molar-refractivity contribution in [2.75, 3.05) is 6.79 Å². The first-order valence-corrected chi connectivity index (χ1v) is 7.61. The third kappa shape index (κ3) is 4.13. The largest absolute Gasteiger partial charge is 0.454 e. The Morgan fingerprint density at radius 1 is 1.41 bits per heavy atom. The molecule has 1 heterocycles. The number of ether oxygens (including phenoxy) is 3. The monoisotopic (exact) mass is 371 g/mol. The van der Waals surface area contributed by atoms with E-state index in [0.29, 0.717) is 11.5 Å². The van der Waals surface area contributed by atoms with E-state index in [2.05, 4.69) is 21.2 Å². The number of hydrogen-bond acceptors (Lipinski definition) is 5. The minimum Gasteiger partial charge on any atom is -0.454 e. The Kier molecular flexibility index (Phi) is 4.95. The highest BCUT2D eigenvalue weighted by Crippen LogP contribution is 2.39. The second kappa shape index (κ2) is 6.56. The molecule has 0 spiro atoms. The number of amides is 1. The van der Waals surface area contributed by atoms with Crippen molar-refractivity contribution in [1.29, 1.82) is 0 Å². The number of fused-ring (bicyclic) bond motifs is 1. The third-order valence-electron chi connectivity index (χ3n) is 2.89. The van der Waals surface area contributed by atoms with Crippen LogP contribution in [0.4, 0.5) is 4.79 Å². The van der Waals surface area contributed by atoms with Crippen LogP contribution < -0.4 is 14.8 Å². The molecule has 0 fully saturated rings. The molecule has 2 rings (SSSR count). The van der Waals surface area contributed by atoms with Gasteiger partial charge in [-0.1, -0.05) is 15.9 Å². The van der Waals surface area contributed by atoms with E-state index in [1.54, 1.807) is 32.9 Å². The SMILES string of the molecule is CC(C)(C)OC(=O)N[C@@H](CC=O)c1cc2c(cc1Br)OCO2. The molecule has 0 unspecified atom stereocenters. The summed E-state index contributed by atoms with van der Waals surface area (Å²) in [5.74, 6) is 1.21. The smallest absolute Gasteiger partial charge is 0.408 e. The van der Waals surface area contributed by atoms with Crippen LogP contribution in [0.15, 0.2) is 16.6 Å². The summed E-state index contributed by atoms with van der Waals surface area (Å²) in [4.78, 5) is 22.9. The maximum Gasteiger partial charge on any atom is 0.408 e. The van der Waals surface area contributed by atoms with Gasteiger partial charge in [-0.15, -0.1) is 0 Å². The zero-order valence-corrected chi connectivity index (χ0v) is 14.2. The summed E-state index contributed by atoms with van der Waals surface area (Å²) in [5, 5.41) is 2.70. The van der Waals surface area contributed by atoms with Crippen LogP contribution >= 0.6 is 15.9 Å². The Balaban J connectivity index is 2.21. The van der Waals surface area contributed by atoms with E-state index in [-0.39, 0.29) is 13.2 Å². The summed E-state index contributed by atoms with van der Waals surface area (Å²) >= 11 is 3.43. The third-order valence-corrected chi connectivity index (χ3v) is 3.58. The second-order valence-corrected chi connectivity index (χ2v) is 6.68. The van der Waals surface area contributed by atoms with Gasteiger partial charge >= 0.3 is 6.09 Å². The Bertz CT molecular complexity index is 582. The molecule has 6 nitrogen and oxygen atoms in total. The number of rotatable bonds is 4. The topological polar surface area (TPSA) is 73.9 Å². The van der Waals surface area contributed by atoms with Crippen molar-refractivity contribution >= 4 is 28.3 Å². The zero-order chi connectivity index (χ0) is 16.3. The van der Waals surface area contributed by atoms with Crippen molar-refractivity contribution in [3.63, 3.8) is 0 Å². The molecule has 22 heavy (non-hydrogen) atoms. The molecule has 0 aliphatic carbocycles. The van der Waals surface area contributed by atoms with Crippen LogP contribution in [0.1, 0.15) is 38.8 Å². The molecule has 0 bridgehead atoms. The van der Waals surface area contributed by atoms with Gasteiger partial charge in [0.1, 0.15) is 11.9 Å². The number of aldehydes is 1. The molecule has 1 aliphatic heterocycles. The number of carbonyl (C=O) groups excluding carboxylic acids is 2. The molecule has 0 saturated carbocycles. The van der Waals surface area contributed by atoms with Crippen LogP contribution in [-0.4, -0.2) is 24.8 Å². The van der Waals surface area contributed by atoms with E-state index < -0.39 is 17.7 Å². The van der Waals surface area contributed by atoms with Gasteiger partial charge in [-0.2, -0.15) is 0 Å². The maximum absolute atomic E-state index is 11.9. The van der Waals surface area contributed by atoms with Gasteiger partial charge in [-0.3, -0.25) is 0 Å². The van der Waals surface area contributed by atoms with Gasteiger partial charge in [0.2, 0.25) is 6.79 Å². The van der Waals surface area contributed by atoms with Crippen molar-refractivity contribution in [2.45, 2.75) is 38.8 Å². The number of nitrogens with one attached hydrogen (secondary N) is 1. The van der Waals surface area contributed by atoms with Crippen LogP contribution in [-0.2, 0) is 9.53 Å². The van der Waals surface area contributed by atoms with E-state index in [0.717, 1.165) is 16.3 Å². The van der Waals surface area contributed by atoms with Crippen molar-refractivity contribution in [1.82, 2.24) is 5.32 Å². The van der Waals surface area contributed by atoms with E-state index in [1.807, 2.05) is 0 Å². The summed E-state index contributed by atoms with van der Waals surface area (Å²) in [5.41, 5.74) is 0.115. The Labute approximate surface area is 137 Å². The lowest BCUT2D eigenvalue weighted by atomic mass is 10.0. The predicted molar refractivity (Wildman–Crippen MR) is 83.1 cm³/mol. The first-order chi connectivity index (χ1) is 10.3. The number of alkyl carbamates (subject to hydrolysis) is 1. The standard InChI is InChI=1S/C15H18BrNO5/c1-15(2,3)22-14(19)17-11(4-5-18)9-6-12-13(7-10(9)16)21-8-20-12/h5-7,11H,4,8H2,1-3H3,(H,17,19)/t11-/m0/s1. The molecule has 1 aromatic carbocycles. The van der Waals surface area contributed by atoms with E-state index in [4.69, 9.17) is 14.2 Å². The Morgan fingerprint density at radius 2 is 2.05 bits per heavy atom. The summed E-state index contributed by atoms with van der Waals surface area (Å²) in [6.07, 6.45) is 0.292. The van der Waals surface area contributed by atoms with Gasteiger partial charge in [0.15, 0.2) is 11.5 Å². The zero-order valence-electron chi connectivity index (χ0n) is 12.6. The molecule has 120 valence electrons. The number of carbonyl (C=O) groups is 2. The fourth-order valence-corrected chi connectivity index (χ4v) is 2.61. The Hall–Kier alpha value is -1.76. The molecule has 1 aliphatic rings. The van der Waals surface area contributed by atoms with Crippen molar-refractivity contribution in [3.05, 3.63) is 22.2 Å². The highest BCUT2D eigenvalue weighted by Gasteiger charge is 2.24. The molecule has 7 heteroatoms. The minimum atomic E-state index is -0.609. The average molecular weight is 372 g/mol. The first-order valence-electron chi connectivity index (χ1n) is 6.82. The van der Waals surface area contributed by atoms with Crippen LogP contribution in [0.5, 0.6) is 11.5 Å². The molecule has 1 aromatic rings. The van der Waals surface area contributed by atoms with Crippen LogP contribution in [0.2, 0.25) is 0 Å². The van der Waals surface area contributed by atoms with Gasteiger partial charge in [0.25, 0.3) is 0 Å². The molecular weight excluding hydrogens is 354 g/mol. The minimum absolute atomic E-state index is 0.123. The molecule has 1 amide bonds. The molecule has 0 radical (unpaired) electrons. The molecule has 1 atom stereocenters. The van der Waals surface area contributed by atoms with E-state index in [9.17, 15) is 9.59 Å². The lowest BCUT2D eigenvalue weighted by Crippen LogP contribution is -2.35. The summed E-state index contributed by atoms with van der Waals surface area (Å²) < 4.78 is 16.6. The van der Waals surface area contributed by atoms with Crippen LogP contribution in [0.3, 0.4) is 0 Å². The van der Waals surface area contributed by atoms with Crippen LogP contribution in [0, 0.1) is 0 Å².